The molecule has 1 heterocycles. The Morgan fingerprint density at radius 3 is 2.78 bits per heavy atom. The van der Waals surface area contributed by atoms with Crippen molar-refractivity contribution >= 4 is 46.3 Å². The number of halogens is 2. The normalized spacial score (nSPS) is 9.96. The van der Waals surface area contributed by atoms with E-state index >= 15 is 0 Å². The highest BCUT2D eigenvalue weighted by Gasteiger charge is 2.10. The number of benzene rings is 2. The average Bonchev–Trinajstić information content (AvgIpc) is 2.55. The average molecular weight is 344 g/mol. The topological polar surface area (TPSA) is 48.7 Å². The van der Waals surface area contributed by atoms with E-state index in [0.29, 0.717) is 10.6 Å². The minimum Gasteiger partial charge on any atom is -0.354 e. The number of nitrogens with zero attached hydrogens (tertiary/aromatic N) is 2. The third-order valence-corrected chi connectivity index (χ3v) is 3.79. The first kappa shape index (κ1) is 17.1. The molecule has 3 nitrogen and oxygen atoms in total. The molecule has 0 aliphatic rings. The lowest BCUT2D eigenvalue weighted by atomic mass is 10.1. The van der Waals surface area contributed by atoms with Crippen LogP contribution in [0.5, 0.6) is 0 Å². The van der Waals surface area contributed by atoms with Crippen LogP contribution >= 0.6 is 24.0 Å². The molecule has 116 valence electrons. The summed E-state index contributed by atoms with van der Waals surface area (Å²) in [6, 6.07) is 15.8. The van der Waals surface area contributed by atoms with Crippen LogP contribution in [0.15, 0.2) is 48.7 Å². The summed E-state index contributed by atoms with van der Waals surface area (Å²) >= 11 is 6.10. The highest BCUT2D eigenvalue weighted by Crippen LogP contribution is 2.30. The van der Waals surface area contributed by atoms with E-state index < -0.39 is 0 Å². The molecule has 0 unspecified atom stereocenters. The van der Waals surface area contributed by atoms with Gasteiger partial charge in [0.15, 0.2) is 0 Å². The summed E-state index contributed by atoms with van der Waals surface area (Å²) in [4.78, 5) is 4.31. The van der Waals surface area contributed by atoms with Crippen molar-refractivity contribution in [2.24, 2.45) is 0 Å². The van der Waals surface area contributed by atoms with Crippen LogP contribution in [0.3, 0.4) is 0 Å². The van der Waals surface area contributed by atoms with Crippen molar-refractivity contribution in [1.82, 2.24) is 4.98 Å². The van der Waals surface area contributed by atoms with E-state index in [9.17, 15) is 5.26 Å². The number of aromatic nitrogens is 1. The Morgan fingerprint density at radius 2 is 2.04 bits per heavy atom. The molecule has 1 N–H and O–H groups in total. The maximum absolute atomic E-state index is 9.36. The largest absolute Gasteiger partial charge is 0.354 e. The van der Waals surface area contributed by atoms with Crippen molar-refractivity contribution in [3.8, 4) is 6.07 Å². The fraction of sp³-hybridized carbons (Fsp3) is 0.111. The molecule has 5 heteroatoms. The number of nitrogens with one attached hydrogen (secondary N) is 1. The number of hydrogen-bond donors (Lipinski definition) is 1. The number of nitriles is 1. The molecule has 0 fully saturated rings. The monoisotopic (exact) mass is 343 g/mol. The SMILES string of the molecule is CCc1cccc(Nc2c(C#N)cnc3ccc(Cl)cc23)c1.Cl. The minimum absolute atomic E-state index is 0. The molecule has 2 aromatic carbocycles. The fourth-order valence-corrected chi connectivity index (χ4v) is 2.57. The predicted molar refractivity (Wildman–Crippen MR) is 97.8 cm³/mol. The van der Waals surface area contributed by atoms with Crippen molar-refractivity contribution in [1.29, 1.82) is 5.26 Å². The van der Waals surface area contributed by atoms with Crippen molar-refractivity contribution in [2.75, 3.05) is 5.32 Å². The molecule has 0 radical (unpaired) electrons. The summed E-state index contributed by atoms with van der Waals surface area (Å²) in [6.07, 6.45) is 2.55. The van der Waals surface area contributed by atoms with Gasteiger partial charge in [0, 0.05) is 22.3 Å². The second-order valence-electron chi connectivity index (χ2n) is 5.00. The van der Waals surface area contributed by atoms with Gasteiger partial charge < -0.3 is 5.32 Å². The second-order valence-corrected chi connectivity index (χ2v) is 5.44. The molecule has 0 atom stereocenters. The molecule has 0 aliphatic carbocycles. The van der Waals surface area contributed by atoms with Gasteiger partial charge in [-0.2, -0.15) is 5.26 Å². The van der Waals surface area contributed by atoms with Crippen LogP contribution in [0, 0.1) is 11.3 Å². The van der Waals surface area contributed by atoms with Crippen LogP contribution in [-0.2, 0) is 6.42 Å². The maximum atomic E-state index is 9.36. The Labute approximate surface area is 146 Å². The van der Waals surface area contributed by atoms with Crippen LogP contribution in [0.25, 0.3) is 10.9 Å². The van der Waals surface area contributed by atoms with Gasteiger partial charge in [-0.15, -0.1) is 12.4 Å². The van der Waals surface area contributed by atoms with Crippen molar-refractivity contribution < 1.29 is 0 Å². The molecular weight excluding hydrogens is 329 g/mol. The highest BCUT2D eigenvalue weighted by atomic mass is 35.5. The molecule has 0 aliphatic heterocycles. The smallest absolute Gasteiger partial charge is 0.103 e. The summed E-state index contributed by atoms with van der Waals surface area (Å²) < 4.78 is 0. The van der Waals surface area contributed by atoms with Gasteiger partial charge in [0.2, 0.25) is 0 Å². The molecule has 0 saturated carbocycles. The second kappa shape index (κ2) is 7.32. The number of pyridine rings is 1. The standard InChI is InChI=1S/C18H14ClN3.ClH/c1-2-12-4-3-5-15(8-12)22-18-13(10-20)11-21-17-7-6-14(19)9-16(17)18;/h3-9,11H,2H2,1H3,(H,21,22);1H. The van der Waals surface area contributed by atoms with Crippen LogP contribution < -0.4 is 5.32 Å². The summed E-state index contributed by atoms with van der Waals surface area (Å²) in [5, 5.41) is 14.2. The Morgan fingerprint density at radius 1 is 1.22 bits per heavy atom. The maximum Gasteiger partial charge on any atom is 0.103 e. The van der Waals surface area contributed by atoms with Gasteiger partial charge in [-0.05, 0) is 42.3 Å². The van der Waals surface area contributed by atoms with Gasteiger partial charge in [0.25, 0.3) is 0 Å². The zero-order chi connectivity index (χ0) is 15.5. The number of rotatable bonds is 3. The number of anilines is 2. The predicted octanol–water partition coefficient (Wildman–Crippen LogP) is 5.49. The molecule has 3 rings (SSSR count). The molecule has 0 saturated heterocycles. The molecule has 3 aromatic rings. The summed E-state index contributed by atoms with van der Waals surface area (Å²) in [7, 11) is 0. The molecule has 0 spiro atoms. The van der Waals surface area contributed by atoms with Gasteiger partial charge in [0.1, 0.15) is 6.07 Å². The Kier molecular flexibility index (Phi) is 5.44. The third-order valence-electron chi connectivity index (χ3n) is 3.56. The van der Waals surface area contributed by atoms with E-state index in [0.717, 1.165) is 28.7 Å². The molecule has 23 heavy (non-hydrogen) atoms. The Hall–Kier alpha value is -2.28. The fourth-order valence-electron chi connectivity index (χ4n) is 2.40. The molecule has 1 aromatic heterocycles. The van der Waals surface area contributed by atoms with E-state index in [1.54, 1.807) is 12.3 Å². The van der Waals surface area contributed by atoms with Crippen LogP contribution in [0.4, 0.5) is 11.4 Å². The Bertz CT molecular complexity index is 885. The van der Waals surface area contributed by atoms with Gasteiger partial charge in [-0.1, -0.05) is 30.7 Å². The lowest BCUT2D eigenvalue weighted by Gasteiger charge is -2.12. The van der Waals surface area contributed by atoms with E-state index in [4.69, 9.17) is 11.6 Å². The molecule has 0 bridgehead atoms. The summed E-state index contributed by atoms with van der Waals surface area (Å²) in [5.41, 5.74) is 4.22. The van der Waals surface area contributed by atoms with E-state index in [-0.39, 0.29) is 12.4 Å². The lowest BCUT2D eigenvalue weighted by Crippen LogP contribution is -1.97. The van der Waals surface area contributed by atoms with Crippen molar-refractivity contribution in [3.63, 3.8) is 0 Å². The minimum atomic E-state index is 0. The van der Waals surface area contributed by atoms with E-state index in [2.05, 4.69) is 35.4 Å². The van der Waals surface area contributed by atoms with Gasteiger partial charge in [-0.3, -0.25) is 4.98 Å². The summed E-state index contributed by atoms with van der Waals surface area (Å²) in [5.74, 6) is 0. The van der Waals surface area contributed by atoms with Crippen molar-refractivity contribution in [2.45, 2.75) is 13.3 Å². The molecular formula is C18H15Cl2N3. The van der Waals surface area contributed by atoms with Crippen LogP contribution in [0.1, 0.15) is 18.1 Å². The van der Waals surface area contributed by atoms with E-state index in [1.807, 2.05) is 24.3 Å². The first-order valence-corrected chi connectivity index (χ1v) is 7.43. The van der Waals surface area contributed by atoms with Gasteiger partial charge in [0.05, 0.1) is 16.8 Å². The summed E-state index contributed by atoms with van der Waals surface area (Å²) in [6.45, 7) is 2.11. The van der Waals surface area contributed by atoms with E-state index in [1.165, 1.54) is 5.56 Å². The first-order valence-electron chi connectivity index (χ1n) is 7.05. The third kappa shape index (κ3) is 3.56. The number of aryl methyl sites for hydroxylation is 1. The first-order chi connectivity index (χ1) is 10.7. The van der Waals surface area contributed by atoms with Gasteiger partial charge in [-0.25, -0.2) is 0 Å². The number of hydrogen-bond acceptors (Lipinski definition) is 3. The van der Waals surface area contributed by atoms with Crippen LogP contribution in [0.2, 0.25) is 5.02 Å². The zero-order valence-corrected chi connectivity index (χ0v) is 14.1. The molecule has 0 amide bonds. The Balaban J connectivity index is 0.00000192. The zero-order valence-electron chi connectivity index (χ0n) is 12.5. The van der Waals surface area contributed by atoms with Crippen molar-refractivity contribution in [3.05, 3.63) is 64.8 Å². The highest BCUT2D eigenvalue weighted by molar-refractivity contribution is 6.31. The lowest BCUT2D eigenvalue weighted by molar-refractivity contribution is 1.14. The number of fused-ring (bicyclic) bond motifs is 1. The van der Waals surface area contributed by atoms with Crippen LogP contribution in [-0.4, -0.2) is 4.98 Å². The van der Waals surface area contributed by atoms with Gasteiger partial charge >= 0.3 is 0 Å². The quantitative estimate of drug-likeness (QED) is 0.684.